The van der Waals surface area contributed by atoms with Crippen LogP contribution in [0.15, 0.2) is 24.3 Å². The van der Waals surface area contributed by atoms with Gasteiger partial charge in [0.05, 0.1) is 6.61 Å². The largest absolute Gasteiger partial charge is 0.494 e. The molecule has 1 aromatic rings. The van der Waals surface area contributed by atoms with Crippen molar-refractivity contribution in [1.82, 2.24) is 5.32 Å². The lowest BCUT2D eigenvalue weighted by molar-refractivity contribution is 0.339. The van der Waals surface area contributed by atoms with Gasteiger partial charge in [0.15, 0.2) is 0 Å². The fourth-order valence-electron chi connectivity index (χ4n) is 3.16. The van der Waals surface area contributed by atoms with Crippen LogP contribution in [0.1, 0.15) is 57.9 Å². The van der Waals surface area contributed by atoms with Crippen LogP contribution < -0.4 is 10.1 Å². The molecule has 1 fully saturated rings. The molecule has 0 aliphatic heterocycles. The van der Waals surface area contributed by atoms with Gasteiger partial charge >= 0.3 is 0 Å². The molecule has 1 saturated carbocycles. The van der Waals surface area contributed by atoms with Crippen molar-refractivity contribution in [2.24, 2.45) is 5.92 Å². The topological polar surface area (TPSA) is 21.3 Å². The standard InChI is InChI=1S/C18H29NO/c1-3-15-7-5-9-17(12-11-15)19-14-16-8-6-10-18(13-16)20-4-2/h6,8,10,13,15,17,19H,3-5,7,9,11-12,14H2,1-2H3. The Morgan fingerprint density at radius 3 is 2.85 bits per heavy atom. The fraction of sp³-hybridized carbons (Fsp3) is 0.667. The molecular formula is C18H29NO. The highest BCUT2D eigenvalue weighted by Crippen LogP contribution is 2.25. The minimum Gasteiger partial charge on any atom is -0.494 e. The van der Waals surface area contributed by atoms with Crippen LogP contribution in [0.3, 0.4) is 0 Å². The summed E-state index contributed by atoms with van der Waals surface area (Å²) in [6, 6.07) is 9.15. The maximum Gasteiger partial charge on any atom is 0.119 e. The Bertz CT molecular complexity index is 391. The molecule has 2 rings (SSSR count). The van der Waals surface area contributed by atoms with E-state index in [1.807, 2.05) is 13.0 Å². The zero-order valence-electron chi connectivity index (χ0n) is 13.0. The van der Waals surface area contributed by atoms with Gasteiger partial charge in [0.2, 0.25) is 0 Å². The lowest BCUT2D eigenvalue weighted by atomic mass is 9.98. The van der Waals surface area contributed by atoms with Crippen molar-refractivity contribution in [3.8, 4) is 5.75 Å². The molecule has 1 aliphatic carbocycles. The lowest BCUT2D eigenvalue weighted by Crippen LogP contribution is -2.27. The van der Waals surface area contributed by atoms with Crippen LogP contribution in [0.25, 0.3) is 0 Å². The summed E-state index contributed by atoms with van der Waals surface area (Å²) in [5.74, 6) is 1.95. The van der Waals surface area contributed by atoms with Gasteiger partial charge in [-0.25, -0.2) is 0 Å². The van der Waals surface area contributed by atoms with Gasteiger partial charge in [0, 0.05) is 12.6 Å². The third-order valence-electron chi connectivity index (χ3n) is 4.47. The normalized spacial score (nSPS) is 23.3. The van der Waals surface area contributed by atoms with Gasteiger partial charge in [-0.3, -0.25) is 0 Å². The first kappa shape index (κ1) is 15.4. The van der Waals surface area contributed by atoms with Crippen LogP contribution in [0.5, 0.6) is 5.75 Å². The Hall–Kier alpha value is -1.02. The smallest absolute Gasteiger partial charge is 0.119 e. The molecule has 1 aromatic carbocycles. The van der Waals surface area contributed by atoms with E-state index in [1.54, 1.807) is 0 Å². The van der Waals surface area contributed by atoms with Crippen LogP contribution in [0, 0.1) is 5.92 Å². The van der Waals surface area contributed by atoms with Crippen LogP contribution in [0.4, 0.5) is 0 Å². The molecule has 112 valence electrons. The summed E-state index contributed by atoms with van der Waals surface area (Å²) in [5, 5.41) is 3.74. The maximum absolute atomic E-state index is 5.56. The molecule has 0 radical (unpaired) electrons. The minimum atomic E-state index is 0.697. The molecule has 0 spiro atoms. The average Bonchev–Trinajstić information content (AvgIpc) is 2.71. The summed E-state index contributed by atoms with van der Waals surface area (Å²) in [5.41, 5.74) is 1.33. The Balaban J connectivity index is 1.81. The van der Waals surface area contributed by atoms with E-state index in [-0.39, 0.29) is 0 Å². The summed E-state index contributed by atoms with van der Waals surface area (Å²) in [7, 11) is 0. The van der Waals surface area contributed by atoms with E-state index in [9.17, 15) is 0 Å². The molecule has 1 aliphatic rings. The van der Waals surface area contributed by atoms with E-state index >= 15 is 0 Å². The van der Waals surface area contributed by atoms with Gasteiger partial charge in [-0.1, -0.05) is 38.3 Å². The van der Waals surface area contributed by atoms with Crippen LogP contribution in [-0.2, 0) is 6.54 Å². The molecule has 20 heavy (non-hydrogen) atoms. The molecule has 0 heterocycles. The Kier molecular flexibility index (Phi) is 6.38. The molecule has 2 nitrogen and oxygen atoms in total. The molecule has 2 unspecified atom stereocenters. The van der Waals surface area contributed by atoms with Crippen molar-refractivity contribution in [2.45, 2.75) is 65.0 Å². The van der Waals surface area contributed by atoms with Gasteiger partial charge in [-0.05, 0) is 49.8 Å². The van der Waals surface area contributed by atoms with Crippen molar-refractivity contribution in [3.63, 3.8) is 0 Å². The molecule has 2 atom stereocenters. The van der Waals surface area contributed by atoms with Crippen LogP contribution in [-0.4, -0.2) is 12.6 Å². The van der Waals surface area contributed by atoms with Crippen LogP contribution >= 0.6 is 0 Å². The maximum atomic E-state index is 5.56. The summed E-state index contributed by atoms with van der Waals surface area (Å²) >= 11 is 0. The molecule has 0 amide bonds. The number of rotatable bonds is 6. The Morgan fingerprint density at radius 2 is 2.05 bits per heavy atom. The van der Waals surface area contributed by atoms with E-state index in [0.29, 0.717) is 6.04 Å². The van der Waals surface area contributed by atoms with Gasteiger partial charge in [-0.15, -0.1) is 0 Å². The number of ether oxygens (including phenoxy) is 1. The average molecular weight is 275 g/mol. The third kappa shape index (κ3) is 4.82. The van der Waals surface area contributed by atoms with Gasteiger partial charge in [0.25, 0.3) is 0 Å². The van der Waals surface area contributed by atoms with Gasteiger partial charge in [-0.2, -0.15) is 0 Å². The van der Waals surface area contributed by atoms with Crippen LogP contribution in [0.2, 0.25) is 0 Å². The van der Waals surface area contributed by atoms with Gasteiger partial charge < -0.3 is 10.1 Å². The van der Waals surface area contributed by atoms with Crippen molar-refractivity contribution in [3.05, 3.63) is 29.8 Å². The number of nitrogens with one attached hydrogen (secondary N) is 1. The van der Waals surface area contributed by atoms with Crippen molar-refractivity contribution in [2.75, 3.05) is 6.61 Å². The lowest BCUT2D eigenvalue weighted by Gasteiger charge is -2.17. The first-order valence-electron chi connectivity index (χ1n) is 8.27. The van der Waals surface area contributed by atoms with Gasteiger partial charge in [0.1, 0.15) is 5.75 Å². The summed E-state index contributed by atoms with van der Waals surface area (Å²) < 4.78 is 5.56. The summed E-state index contributed by atoms with van der Waals surface area (Å²) in [6.07, 6.45) is 8.23. The molecule has 0 aromatic heterocycles. The second kappa shape index (κ2) is 8.31. The predicted octanol–water partition coefficient (Wildman–Crippen LogP) is 4.53. The van der Waals surface area contributed by atoms with Crippen molar-refractivity contribution >= 4 is 0 Å². The number of hydrogen-bond donors (Lipinski definition) is 1. The Morgan fingerprint density at radius 1 is 1.15 bits per heavy atom. The quantitative estimate of drug-likeness (QED) is 0.770. The monoisotopic (exact) mass is 275 g/mol. The highest BCUT2D eigenvalue weighted by atomic mass is 16.5. The SMILES string of the molecule is CCOc1cccc(CNC2CCCC(CC)CC2)c1. The zero-order valence-corrected chi connectivity index (χ0v) is 13.0. The van der Waals surface area contributed by atoms with Crippen molar-refractivity contribution in [1.29, 1.82) is 0 Å². The highest BCUT2D eigenvalue weighted by molar-refractivity contribution is 5.28. The molecule has 0 saturated heterocycles. The van der Waals surface area contributed by atoms with E-state index < -0.39 is 0 Å². The molecule has 0 bridgehead atoms. The predicted molar refractivity (Wildman–Crippen MR) is 85.1 cm³/mol. The Labute approximate surface area is 123 Å². The number of hydrogen-bond acceptors (Lipinski definition) is 2. The van der Waals surface area contributed by atoms with E-state index in [2.05, 4.69) is 30.4 Å². The third-order valence-corrected chi connectivity index (χ3v) is 4.47. The minimum absolute atomic E-state index is 0.697. The fourth-order valence-corrected chi connectivity index (χ4v) is 3.16. The zero-order chi connectivity index (χ0) is 14.2. The molecule has 2 heteroatoms. The summed E-state index contributed by atoms with van der Waals surface area (Å²) in [4.78, 5) is 0. The second-order valence-electron chi connectivity index (χ2n) is 5.94. The second-order valence-corrected chi connectivity index (χ2v) is 5.94. The van der Waals surface area contributed by atoms with Crippen molar-refractivity contribution < 1.29 is 4.74 Å². The van der Waals surface area contributed by atoms with E-state index in [4.69, 9.17) is 4.74 Å². The van der Waals surface area contributed by atoms with E-state index in [1.165, 1.54) is 44.1 Å². The summed E-state index contributed by atoms with van der Waals surface area (Å²) in [6.45, 7) is 6.05. The van der Waals surface area contributed by atoms with E-state index in [0.717, 1.165) is 24.8 Å². The molecule has 1 N–H and O–H groups in total. The first-order chi connectivity index (χ1) is 9.81. The molecular weight excluding hydrogens is 246 g/mol. The first-order valence-corrected chi connectivity index (χ1v) is 8.27. The number of benzene rings is 1. The highest BCUT2D eigenvalue weighted by Gasteiger charge is 2.17.